The topological polar surface area (TPSA) is 65.7 Å². The smallest absolute Gasteiger partial charge is 0.343 e. The van der Waals surface area contributed by atoms with Gasteiger partial charge < -0.3 is 13.9 Å². The van der Waals surface area contributed by atoms with Crippen molar-refractivity contribution >= 4 is 27.7 Å². The van der Waals surface area contributed by atoms with Crippen molar-refractivity contribution in [2.24, 2.45) is 0 Å². The van der Waals surface area contributed by atoms with Crippen LogP contribution in [-0.2, 0) is 4.79 Å². The molecule has 4 aromatic rings. The zero-order chi connectivity index (χ0) is 19.3. The molecule has 0 spiro atoms. The predicted octanol–water partition coefficient (Wildman–Crippen LogP) is 4.40. The molecule has 0 saturated carbocycles. The van der Waals surface area contributed by atoms with E-state index in [9.17, 15) is 9.59 Å². The summed E-state index contributed by atoms with van der Waals surface area (Å²) in [5.74, 6) is 0.220. The Hall–Kier alpha value is -3.60. The fourth-order valence-corrected chi connectivity index (χ4v) is 4.01. The van der Waals surface area contributed by atoms with Crippen molar-refractivity contribution < 1.29 is 18.7 Å². The molecule has 0 fully saturated rings. The molecule has 2 heterocycles. The SMILES string of the molecule is COc1ccc([C@@H]2CC(=O)Oc3c2c(=O)oc2ccccc32)c2ccccc12. The maximum atomic E-state index is 12.8. The van der Waals surface area contributed by atoms with E-state index >= 15 is 0 Å². The summed E-state index contributed by atoms with van der Waals surface area (Å²) < 4.78 is 16.5. The second kappa shape index (κ2) is 6.23. The molecule has 0 N–H and O–H groups in total. The molecule has 0 aliphatic carbocycles. The molecule has 0 amide bonds. The van der Waals surface area contributed by atoms with E-state index < -0.39 is 11.5 Å². The fourth-order valence-electron chi connectivity index (χ4n) is 4.01. The van der Waals surface area contributed by atoms with Crippen LogP contribution < -0.4 is 15.1 Å². The van der Waals surface area contributed by atoms with E-state index in [2.05, 4.69) is 0 Å². The normalized spacial score (nSPS) is 16.0. The van der Waals surface area contributed by atoms with E-state index in [1.54, 1.807) is 25.3 Å². The fraction of sp³-hybridized carbons (Fsp3) is 0.130. The Labute approximate surface area is 160 Å². The minimum absolute atomic E-state index is 0.0758. The minimum Gasteiger partial charge on any atom is -0.496 e. The molecule has 5 rings (SSSR count). The molecule has 1 aliphatic rings. The van der Waals surface area contributed by atoms with Crippen LogP contribution in [0.25, 0.3) is 21.7 Å². The lowest BCUT2D eigenvalue weighted by Gasteiger charge is -2.25. The molecule has 138 valence electrons. The lowest BCUT2D eigenvalue weighted by Crippen LogP contribution is -2.26. The molecular weight excluding hydrogens is 356 g/mol. The van der Waals surface area contributed by atoms with Crippen LogP contribution in [0.4, 0.5) is 0 Å². The number of carbonyl (C=O) groups excluding carboxylic acids is 1. The third kappa shape index (κ3) is 2.40. The summed E-state index contributed by atoms with van der Waals surface area (Å²) in [6, 6.07) is 18.6. The Bertz CT molecular complexity index is 1300. The Kier molecular flexibility index (Phi) is 3.69. The molecule has 5 heteroatoms. The van der Waals surface area contributed by atoms with Crippen LogP contribution in [0.3, 0.4) is 0 Å². The summed E-state index contributed by atoms with van der Waals surface area (Å²) >= 11 is 0. The first-order valence-electron chi connectivity index (χ1n) is 8.99. The number of ether oxygens (including phenoxy) is 2. The van der Waals surface area contributed by atoms with E-state index in [0.29, 0.717) is 22.3 Å². The van der Waals surface area contributed by atoms with Crippen LogP contribution in [0.5, 0.6) is 11.5 Å². The van der Waals surface area contributed by atoms with Crippen molar-refractivity contribution in [1.29, 1.82) is 0 Å². The van der Waals surface area contributed by atoms with Crippen molar-refractivity contribution in [1.82, 2.24) is 0 Å². The van der Waals surface area contributed by atoms with Gasteiger partial charge in [-0.25, -0.2) is 4.79 Å². The Morgan fingerprint density at radius 2 is 1.61 bits per heavy atom. The Balaban J connectivity index is 1.83. The van der Waals surface area contributed by atoms with Gasteiger partial charge in [0, 0.05) is 11.3 Å². The molecule has 5 nitrogen and oxygen atoms in total. The van der Waals surface area contributed by atoms with Crippen LogP contribution in [0.15, 0.2) is 69.9 Å². The first kappa shape index (κ1) is 16.6. The maximum absolute atomic E-state index is 12.8. The third-order valence-electron chi connectivity index (χ3n) is 5.25. The number of para-hydroxylation sites is 1. The highest BCUT2D eigenvalue weighted by Crippen LogP contribution is 2.43. The number of fused-ring (bicyclic) bond motifs is 4. The standard InChI is InChI=1S/C23H16O5/c1-26-18-11-10-14(13-6-2-3-7-15(13)18)17-12-20(24)28-22-16-8-4-5-9-19(16)27-23(25)21(17)22/h2-11,17H,12H2,1H3/t17-/m0/s1. The van der Waals surface area contributed by atoms with Crippen molar-refractivity contribution in [3.8, 4) is 11.5 Å². The monoisotopic (exact) mass is 372 g/mol. The largest absolute Gasteiger partial charge is 0.496 e. The van der Waals surface area contributed by atoms with Crippen LogP contribution in [0, 0.1) is 0 Å². The summed E-state index contributed by atoms with van der Waals surface area (Å²) in [6.07, 6.45) is 0.0758. The zero-order valence-corrected chi connectivity index (χ0v) is 15.1. The summed E-state index contributed by atoms with van der Waals surface area (Å²) in [4.78, 5) is 25.3. The number of carbonyl (C=O) groups is 1. The highest BCUT2D eigenvalue weighted by Gasteiger charge is 2.34. The second-order valence-electron chi connectivity index (χ2n) is 6.76. The zero-order valence-electron chi connectivity index (χ0n) is 15.1. The van der Waals surface area contributed by atoms with E-state index in [0.717, 1.165) is 22.1 Å². The van der Waals surface area contributed by atoms with Gasteiger partial charge in [-0.15, -0.1) is 0 Å². The van der Waals surface area contributed by atoms with Gasteiger partial charge in [0.15, 0.2) is 5.75 Å². The van der Waals surface area contributed by atoms with E-state index in [-0.39, 0.29) is 12.4 Å². The highest BCUT2D eigenvalue weighted by molar-refractivity contribution is 5.94. The van der Waals surface area contributed by atoms with Crippen molar-refractivity contribution in [3.05, 3.63) is 82.2 Å². The van der Waals surface area contributed by atoms with Crippen LogP contribution in [0.1, 0.15) is 23.5 Å². The van der Waals surface area contributed by atoms with Crippen molar-refractivity contribution in [2.45, 2.75) is 12.3 Å². The summed E-state index contributed by atoms with van der Waals surface area (Å²) in [5, 5.41) is 2.47. The minimum atomic E-state index is -0.480. The van der Waals surface area contributed by atoms with E-state index in [1.807, 2.05) is 42.5 Å². The first-order chi connectivity index (χ1) is 13.7. The first-order valence-corrected chi connectivity index (χ1v) is 8.99. The van der Waals surface area contributed by atoms with E-state index in [1.165, 1.54) is 0 Å². The number of hydrogen-bond donors (Lipinski definition) is 0. The molecule has 0 unspecified atom stereocenters. The van der Waals surface area contributed by atoms with Gasteiger partial charge in [0.25, 0.3) is 0 Å². The Morgan fingerprint density at radius 1 is 0.893 bits per heavy atom. The molecule has 0 bridgehead atoms. The number of methoxy groups -OCH3 is 1. The number of rotatable bonds is 2. The highest BCUT2D eigenvalue weighted by atomic mass is 16.5. The van der Waals surface area contributed by atoms with Crippen LogP contribution >= 0.6 is 0 Å². The summed E-state index contributed by atoms with van der Waals surface area (Å²) in [5.41, 5.74) is 1.18. The van der Waals surface area contributed by atoms with Crippen molar-refractivity contribution in [3.63, 3.8) is 0 Å². The number of benzene rings is 3. The molecule has 0 saturated heterocycles. The van der Waals surface area contributed by atoms with Gasteiger partial charge in [0.1, 0.15) is 11.3 Å². The molecule has 1 aromatic heterocycles. The Morgan fingerprint density at radius 3 is 2.39 bits per heavy atom. The van der Waals surface area contributed by atoms with Crippen LogP contribution in [-0.4, -0.2) is 13.1 Å². The average Bonchev–Trinajstić information content (AvgIpc) is 2.72. The number of hydrogen-bond acceptors (Lipinski definition) is 5. The average molecular weight is 372 g/mol. The van der Waals surface area contributed by atoms with Gasteiger partial charge in [-0.3, -0.25) is 4.79 Å². The van der Waals surface area contributed by atoms with Gasteiger partial charge in [-0.2, -0.15) is 0 Å². The quantitative estimate of drug-likeness (QED) is 0.385. The molecule has 0 radical (unpaired) electrons. The predicted molar refractivity (Wildman–Crippen MR) is 105 cm³/mol. The van der Waals surface area contributed by atoms with Crippen LogP contribution in [0.2, 0.25) is 0 Å². The van der Waals surface area contributed by atoms with Crippen molar-refractivity contribution in [2.75, 3.05) is 7.11 Å². The summed E-state index contributed by atoms with van der Waals surface area (Å²) in [7, 11) is 1.62. The van der Waals surface area contributed by atoms with Gasteiger partial charge >= 0.3 is 11.6 Å². The van der Waals surface area contributed by atoms with Gasteiger partial charge in [-0.05, 0) is 29.1 Å². The lowest BCUT2D eigenvalue weighted by atomic mass is 9.84. The molecule has 28 heavy (non-hydrogen) atoms. The van der Waals surface area contributed by atoms with Gasteiger partial charge in [-0.1, -0.05) is 42.5 Å². The van der Waals surface area contributed by atoms with E-state index in [4.69, 9.17) is 13.9 Å². The summed E-state index contributed by atoms with van der Waals surface area (Å²) in [6.45, 7) is 0. The lowest BCUT2D eigenvalue weighted by molar-refractivity contribution is -0.135. The number of esters is 1. The molecule has 1 atom stereocenters. The van der Waals surface area contributed by atoms with Gasteiger partial charge in [0.2, 0.25) is 0 Å². The third-order valence-corrected chi connectivity index (χ3v) is 5.25. The molecule has 3 aromatic carbocycles. The second-order valence-corrected chi connectivity index (χ2v) is 6.76. The maximum Gasteiger partial charge on any atom is 0.343 e. The molecule has 1 aliphatic heterocycles. The molecular formula is C23H16O5. The van der Waals surface area contributed by atoms with Gasteiger partial charge in [0.05, 0.1) is 24.5 Å².